The largest absolute Gasteiger partial charge is 0.457 e. The number of thioether (sulfide) groups is 1. The highest BCUT2D eigenvalue weighted by Gasteiger charge is 2.42. The third kappa shape index (κ3) is 22.8. The summed E-state index contributed by atoms with van der Waals surface area (Å²) < 4.78 is 43.2. The van der Waals surface area contributed by atoms with E-state index in [1.165, 1.54) is 11.1 Å². The molecule has 0 unspecified atom stereocenters. The van der Waals surface area contributed by atoms with Gasteiger partial charge < -0.3 is 71.1 Å². The van der Waals surface area contributed by atoms with Gasteiger partial charge >= 0.3 is 6.03 Å². The molecule has 2 saturated heterocycles. The molecule has 0 radical (unpaired) electrons. The number of fused-ring (bicyclic) bond motifs is 1. The van der Waals surface area contributed by atoms with Crippen LogP contribution in [0.2, 0.25) is 0 Å². The van der Waals surface area contributed by atoms with Crippen LogP contribution in [0.15, 0.2) is 98.0 Å². The number of hydrogen-bond donors (Lipinski definition) is 8. The van der Waals surface area contributed by atoms with Crippen molar-refractivity contribution in [3.8, 4) is 11.5 Å². The smallest absolute Gasteiger partial charge is 0.315 e. The first-order chi connectivity index (χ1) is 38.9. The zero-order chi connectivity index (χ0) is 56.7. The van der Waals surface area contributed by atoms with Crippen molar-refractivity contribution in [2.75, 3.05) is 108 Å². The van der Waals surface area contributed by atoms with Crippen LogP contribution >= 0.6 is 11.8 Å². The van der Waals surface area contributed by atoms with Crippen molar-refractivity contribution in [2.45, 2.75) is 75.1 Å². The first-order valence-corrected chi connectivity index (χ1v) is 28.0. The van der Waals surface area contributed by atoms with Crippen LogP contribution < -0.4 is 47.3 Å². The number of aromatic nitrogens is 3. The molecule has 0 bridgehead atoms. The highest BCUT2D eigenvalue weighted by Crippen LogP contribution is 2.33. The molecule has 24 heteroatoms. The van der Waals surface area contributed by atoms with E-state index in [9.17, 15) is 28.4 Å². The lowest BCUT2D eigenvalue weighted by molar-refractivity contribution is -0.122. The molecule has 4 aromatic rings. The van der Waals surface area contributed by atoms with Crippen LogP contribution in [0.3, 0.4) is 0 Å². The summed E-state index contributed by atoms with van der Waals surface area (Å²) in [7, 11) is 1.67. The number of urea groups is 1. The molecule has 2 aromatic carbocycles. The number of hydrogen-bond acceptors (Lipinski definition) is 17. The van der Waals surface area contributed by atoms with Gasteiger partial charge in [0.1, 0.15) is 17.2 Å². The summed E-state index contributed by atoms with van der Waals surface area (Å²) in [6.45, 7) is 13.1. The molecule has 0 spiro atoms. The summed E-state index contributed by atoms with van der Waals surface area (Å²) >= 11 is 1.90. The first kappa shape index (κ1) is 61.8. The van der Waals surface area contributed by atoms with Crippen molar-refractivity contribution >= 4 is 70.3 Å². The Labute approximate surface area is 470 Å². The quantitative estimate of drug-likeness (QED) is 0.0133. The van der Waals surface area contributed by atoms with Gasteiger partial charge in [-0.2, -0.15) is 16.7 Å². The molecule has 3 atom stereocenters. The molecule has 4 heterocycles. The molecule has 2 aliphatic rings. The number of amides is 6. The highest BCUT2D eigenvalue weighted by molar-refractivity contribution is 8.00. The molecule has 2 aromatic heterocycles. The summed E-state index contributed by atoms with van der Waals surface area (Å²) in [5, 5.41) is 24.1. The Morgan fingerprint density at radius 2 is 1.45 bits per heavy atom. The van der Waals surface area contributed by atoms with Crippen LogP contribution in [0.5, 0.6) is 11.5 Å². The van der Waals surface area contributed by atoms with E-state index in [1.807, 2.05) is 11.8 Å². The lowest BCUT2D eigenvalue weighted by atomic mass is 10.0. The van der Waals surface area contributed by atoms with Crippen molar-refractivity contribution in [3.63, 3.8) is 0 Å². The fourth-order valence-electron chi connectivity index (χ4n) is 8.23. The lowest BCUT2D eigenvalue weighted by Gasteiger charge is -2.17. The number of likely N-dealkylation sites (N-methyl/N-ethyl adjacent to an activating group) is 1. The normalized spacial score (nSPS) is 15.2. The standard InChI is InChI=1S/C56H75FN12O10S/c1-4-49(70)63-41-12-8-13-42(35-41)64-53-45(57)37-62-55(68-53)65-40-17-19-43(20-18-40)79-44-21-24-59-46(36-44)54(73)69(3)26-30-77-29-25-58-39(2)11-7-16-51(72)61-23-10-28-76-32-34-78-33-31-75-27-9-22-60-50(71)15-6-5-14-48-52-47(38-80-48)66-56(74)67-52/h4,8,12-13,17-21,24,35-37,47-48,52,58H,1-2,5-7,9-11,14-16,22-23,25-34,38H2,3H3,(H,60,71)(H,61,72)(H,63,70)(H2,66,67,74)(H2,62,64,65,68)/t47-,48-,52-/m0/s1. The maximum absolute atomic E-state index is 14.7. The number of nitrogens with one attached hydrogen (secondary N) is 8. The number of carbonyl (C=O) groups is 5. The van der Waals surface area contributed by atoms with Crippen LogP contribution in [0.1, 0.15) is 68.3 Å². The average Bonchev–Trinajstić information content (AvgIpc) is 4.04. The highest BCUT2D eigenvalue weighted by atomic mass is 32.2. The number of anilines is 5. The summed E-state index contributed by atoms with van der Waals surface area (Å²) in [6, 6.07) is 17.2. The maximum Gasteiger partial charge on any atom is 0.315 e. The number of ether oxygens (including phenoxy) is 5. The van der Waals surface area contributed by atoms with Gasteiger partial charge in [0.2, 0.25) is 23.7 Å². The molecule has 2 aliphatic heterocycles. The van der Waals surface area contributed by atoms with Crippen LogP contribution in [-0.4, -0.2) is 159 Å². The molecule has 2 fully saturated rings. The minimum Gasteiger partial charge on any atom is -0.457 e. The van der Waals surface area contributed by atoms with Gasteiger partial charge in [-0.25, -0.2) is 14.2 Å². The summed E-state index contributed by atoms with van der Waals surface area (Å²) in [6.07, 6.45) is 10.1. The zero-order valence-electron chi connectivity index (χ0n) is 45.4. The van der Waals surface area contributed by atoms with Crippen LogP contribution in [-0.2, 0) is 33.3 Å². The SMILES string of the molecule is C=CC(=O)Nc1cccc(Nc2nc(Nc3ccc(Oc4ccnc(C(=O)N(C)CCOCCNC(=C)CCCC(=O)NCCCOCCOCCOCCCNC(=O)CCCC[C@@H]5SC[C@@H]6NC(=O)N[C@@H]65)c4)cc3)ncc2F)c1. The Balaban J connectivity index is 0.704. The van der Waals surface area contributed by atoms with Gasteiger partial charge in [0.05, 0.1) is 57.9 Å². The van der Waals surface area contributed by atoms with Crippen molar-refractivity contribution in [1.29, 1.82) is 0 Å². The van der Waals surface area contributed by atoms with Gasteiger partial charge in [0, 0.05) is 105 Å². The summed E-state index contributed by atoms with van der Waals surface area (Å²) in [4.78, 5) is 74.9. The summed E-state index contributed by atoms with van der Waals surface area (Å²) in [5.74, 6) is 0.614. The van der Waals surface area contributed by atoms with Crippen LogP contribution in [0.4, 0.5) is 38.0 Å². The van der Waals surface area contributed by atoms with E-state index in [4.69, 9.17) is 23.7 Å². The van der Waals surface area contributed by atoms with Gasteiger partial charge in [-0.15, -0.1) is 0 Å². The van der Waals surface area contributed by atoms with E-state index in [1.54, 1.807) is 67.7 Å². The molecular formula is C56H75FN12O10S. The molecule has 0 saturated carbocycles. The first-order valence-electron chi connectivity index (χ1n) is 27.0. The number of nitrogens with zero attached hydrogens (tertiary/aromatic N) is 4. The van der Waals surface area contributed by atoms with Crippen molar-refractivity contribution < 1.29 is 52.0 Å². The number of pyridine rings is 1. The van der Waals surface area contributed by atoms with Crippen molar-refractivity contribution in [3.05, 3.63) is 109 Å². The Morgan fingerprint density at radius 3 is 2.19 bits per heavy atom. The number of benzene rings is 2. The molecule has 80 heavy (non-hydrogen) atoms. The van der Waals surface area contributed by atoms with Crippen LogP contribution in [0, 0.1) is 5.82 Å². The summed E-state index contributed by atoms with van der Waals surface area (Å²) in [5.41, 5.74) is 2.62. The van der Waals surface area contributed by atoms with E-state index in [0.717, 1.165) is 49.4 Å². The number of unbranched alkanes of at least 4 members (excludes halogenated alkanes) is 1. The Hall–Kier alpha value is -7.38. The fraction of sp³-hybridized carbons (Fsp3) is 0.464. The number of allylic oxidation sites excluding steroid dienone is 1. The third-order valence-corrected chi connectivity index (χ3v) is 13.9. The predicted molar refractivity (Wildman–Crippen MR) is 305 cm³/mol. The minimum absolute atomic E-state index is 0.0213. The molecular weight excluding hydrogens is 1050 g/mol. The van der Waals surface area contributed by atoms with E-state index >= 15 is 0 Å². The molecule has 8 N–H and O–H groups in total. The number of halogens is 1. The van der Waals surface area contributed by atoms with E-state index in [0.29, 0.717) is 145 Å². The molecule has 6 amide bonds. The second kappa shape index (κ2) is 34.6. The van der Waals surface area contributed by atoms with E-state index in [2.05, 4.69) is 70.6 Å². The molecule has 22 nitrogen and oxygen atoms in total. The van der Waals surface area contributed by atoms with Gasteiger partial charge in [-0.3, -0.25) is 24.2 Å². The predicted octanol–water partition coefficient (Wildman–Crippen LogP) is 6.57. The Bertz CT molecular complexity index is 2640. The Kier molecular flexibility index (Phi) is 26.7. The average molecular weight is 1130 g/mol. The molecule has 0 aliphatic carbocycles. The lowest BCUT2D eigenvalue weighted by Crippen LogP contribution is -2.36. The molecule has 432 valence electrons. The van der Waals surface area contributed by atoms with Crippen LogP contribution in [0.25, 0.3) is 0 Å². The monoisotopic (exact) mass is 1130 g/mol. The van der Waals surface area contributed by atoms with Crippen molar-refractivity contribution in [2.24, 2.45) is 0 Å². The van der Waals surface area contributed by atoms with Gasteiger partial charge in [-0.05, 0) is 93.1 Å². The van der Waals surface area contributed by atoms with Crippen molar-refractivity contribution in [1.82, 2.24) is 46.4 Å². The van der Waals surface area contributed by atoms with E-state index < -0.39 is 5.82 Å². The number of carbonyl (C=O) groups excluding carboxylic acids is 5. The molecule has 6 rings (SSSR count). The Morgan fingerprint density at radius 1 is 0.750 bits per heavy atom. The fourth-order valence-corrected chi connectivity index (χ4v) is 9.77. The third-order valence-electron chi connectivity index (χ3n) is 12.4. The minimum atomic E-state index is -0.672. The second-order valence-electron chi connectivity index (χ2n) is 18.8. The van der Waals surface area contributed by atoms with Gasteiger partial charge in [0.15, 0.2) is 11.6 Å². The zero-order valence-corrected chi connectivity index (χ0v) is 46.2. The van der Waals surface area contributed by atoms with Gasteiger partial charge in [-0.1, -0.05) is 25.6 Å². The second-order valence-corrected chi connectivity index (χ2v) is 20.0. The topological polar surface area (TPSA) is 270 Å². The number of rotatable bonds is 39. The van der Waals surface area contributed by atoms with Gasteiger partial charge in [0.25, 0.3) is 5.91 Å². The van der Waals surface area contributed by atoms with E-state index in [-0.39, 0.29) is 59.2 Å². The maximum atomic E-state index is 14.7.